The molecule has 0 N–H and O–H groups in total. The Kier molecular flexibility index (Phi) is 6.88. The Morgan fingerprint density at radius 3 is 2.13 bits per heavy atom. The summed E-state index contributed by atoms with van der Waals surface area (Å²) < 4.78 is 16.5. The number of carbonyl (C=O) groups excluding carboxylic acids is 3. The van der Waals surface area contributed by atoms with Crippen molar-refractivity contribution in [3.05, 3.63) is 47.5 Å². The van der Waals surface area contributed by atoms with Gasteiger partial charge in [0.25, 0.3) is 0 Å². The lowest BCUT2D eigenvalue weighted by atomic mass is 9.84. The maximum Gasteiger partial charge on any atom is 0.420 e. The zero-order valence-corrected chi connectivity index (χ0v) is 19.6. The van der Waals surface area contributed by atoms with E-state index < -0.39 is 41.0 Å². The zero-order chi connectivity index (χ0) is 23.6. The van der Waals surface area contributed by atoms with Gasteiger partial charge in [0.15, 0.2) is 5.60 Å². The summed E-state index contributed by atoms with van der Waals surface area (Å²) in [6, 6.07) is 8.75. The maximum absolute atomic E-state index is 12.9. The fraction of sp³-hybridized carbons (Fsp3) is 0.542. The van der Waals surface area contributed by atoms with Gasteiger partial charge < -0.3 is 14.2 Å². The van der Waals surface area contributed by atoms with Crippen molar-refractivity contribution in [2.75, 3.05) is 0 Å². The van der Waals surface area contributed by atoms with E-state index in [1.54, 1.807) is 55.4 Å². The first-order valence-corrected chi connectivity index (χ1v) is 10.3. The van der Waals surface area contributed by atoms with E-state index in [-0.39, 0.29) is 0 Å². The minimum absolute atomic E-state index is 0.335. The van der Waals surface area contributed by atoms with Crippen LogP contribution >= 0.6 is 0 Å². The SMILES string of the molecule is C/C(=C\C(=O)OC(C)(C)C)[C@]1(C)OC(=O)N(C(=O)OC(C)(C)C)[C@@H]1Cc1ccccc1. The van der Waals surface area contributed by atoms with Gasteiger partial charge in [-0.25, -0.2) is 19.3 Å². The summed E-state index contributed by atoms with van der Waals surface area (Å²) in [6.07, 6.45) is 0.0542. The molecule has 2 amide bonds. The Balaban J connectivity index is 2.44. The van der Waals surface area contributed by atoms with Gasteiger partial charge in [0, 0.05) is 6.08 Å². The van der Waals surface area contributed by atoms with Crippen LogP contribution in [0.1, 0.15) is 61.0 Å². The molecule has 1 heterocycles. The number of hydrogen-bond donors (Lipinski definition) is 0. The van der Waals surface area contributed by atoms with Crippen LogP contribution in [0.5, 0.6) is 0 Å². The van der Waals surface area contributed by atoms with E-state index >= 15 is 0 Å². The second-order valence-electron chi connectivity index (χ2n) is 9.89. The number of esters is 1. The van der Waals surface area contributed by atoms with Gasteiger partial charge in [-0.15, -0.1) is 0 Å². The first-order valence-electron chi connectivity index (χ1n) is 10.3. The molecule has 0 aliphatic carbocycles. The summed E-state index contributed by atoms with van der Waals surface area (Å²) in [6.45, 7) is 13.9. The Labute approximate surface area is 184 Å². The fourth-order valence-corrected chi connectivity index (χ4v) is 3.30. The van der Waals surface area contributed by atoms with E-state index in [4.69, 9.17) is 14.2 Å². The van der Waals surface area contributed by atoms with Crippen LogP contribution in [-0.4, -0.2) is 45.9 Å². The minimum Gasteiger partial charge on any atom is -0.457 e. The molecule has 0 saturated carbocycles. The van der Waals surface area contributed by atoms with Crippen molar-refractivity contribution >= 4 is 18.2 Å². The van der Waals surface area contributed by atoms with Gasteiger partial charge in [0.05, 0.1) is 6.04 Å². The topological polar surface area (TPSA) is 82.1 Å². The van der Waals surface area contributed by atoms with Gasteiger partial charge in [0.2, 0.25) is 0 Å². The third-order valence-corrected chi connectivity index (χ3v) is 4.83. The van der Waals surface area contributed by atoms with E-state index in [0.29, 0.717) is 12.0 Å². The number of rotatable bonds is 4. The minimum atomic E-state index is -1.24. The summed E-state index contributed by atoms with van der Waals surface area (Å²) in [5, 5.41) is 0. The normalized spacial score (nSPS) is 22.2. The predicted molar refractivity (Wildman–Crippen MR) is 116 cm³/mol. The highest BCUT2D eigenvalue weighted by Gasteiger charge is 2.55. The number of carbonyl (C=O) groups is 3. The van der Waals surface area contributed by atoms with E-state index in [9.17, 15) is 14.4 Å². The molecular weight excluding hydrogens is 398 g/mol. The van der Waals surface area contributed by atoms with Crippen LogP contribution < -0.4 is 0 Å². The Hall–Kier alpha value is -2.83. The molecule has 2 rings (SSSR count). The maximum atomic E-state index is 12.9. The molecule has 1 fully saturated rings. The molecule has 170 valence electrons. The quantitative estimate of drug-likeness (QED) is 0.378. The average molecular weight is 432 g/mol. The molecule has 7 nitrogen and oxygen atoms in total. The molecule has 1 aliphatic rings. The summed E-state index contributed by atoms with van der Waals surface area (Å²) in [5.41, 5.74) is -1.29. The second kappa shape index (κ2) is 8.73. The molecule has 1 saturated heterocycles. The van der Waals surface area contributed by atoms with Crippen molar-refractivity contribution in [1.29, 1.82) is 0 Å². The van der Waals surface area contributed by atoms with Crippen LogP contribution in [0.3, 0.4) is 0 Å². The average Bonchev–Trinajstić information content (AvgIpc) is 2.84. The third-order valence-electron chi connectivity index (χ3n) is 4.83. The molecule has 7 heteroatoms. The molecule has 1 aromatic carbocycles. The van der Waals surface area contributed by atoms with Gasteiger partial charge in [-0.05, 0) is 72.9 Å². The number of benzene rings is 1. The molecule has 1 aliphatic heterocycles. The smallest absolute Gasteiger partial charge is 0.420 e. The monoisotopic (exact) mass is 431 g/mol. The molecule has 31 heavy (non-hydrogen) atoms. The number of imide groups is 1. The third kappa shape index (κ3) is 6.32. The Bertz CT molecular complexity index is 862. The van der Waals surface area contributed by atoms with Crippen molar-refractivity contribution < 1.29 is 28.6 Å². The molecular formula is C24H33NO6. The lowest BCUT2D eigenvalue weighted by Crippen LogP contribution is -2.49. The first-order chi connectivity index (χ1) is 14.1. The van der Waals surface area contributed by atoms with Gasteiger partial charge in [-0.3, -0.25) is 0 Å². The Morgan fingerprint density at radius 1 is 1.06 bits per heavy atom. The number of hydrogen-bond acceptors (Lipinski definition) is 6. The van der Waals surface area contributed by atoms with Gasteiger partial charge in [0.1, 0.15) is 11.2 Å². The molecule has 0 spiro atoms. The highest BCUT2D eigenvalue weighted by molar-refractivity contribution is 5.91. The number of ether oxygens (including phenoxy) is 3. The summed E-state index contributed by atoms with van der Waals surface area (Å²) >= 11 is 0. The van der Waals surface area contributed by atoms with Gasteiger partial charge in [-0.1, -0.05) is 30.3 Å². The highest BCUT2D eigenvalue weighted by Crippen LogP contribution is 2.38. The van der Waals surface area contributed by atoms with E-state index in [1.807, 2.05) is 30.3 Å². The van der Waals surface area contributed by atoms with Crippen LogP contribution in [0.15, 0.2) is 42.0 Å². The standard InChI is InChI=1S/C24H33NO6/c1-16(14-19(26)29-22(2,3)4)24(8)18(15-17-12-10-9-11-13-17)25(21(28)31-24)20(27)30-23(5,6)7/h9-14,18H,15H2,1-8H3/b16-14+/t18-,24+/m1/s1. The van der Waals surface area contributed by atoms with Crippen molar-refractivity contribution in [3.8, 4) is 0 Å². The highest BCUT2D eigenvalue weighted by atomic mass is 16.6. The molecule has 1 aromatic rings. The fourth-order valence-electron chi connectivity index (χ4n) is 3.30. The van der Waals surface area contributed by atoms with Crippen molar-refractivity contribution in [1.82, 2.24) is 4.90 Å². The predicted octanol–water partition coefficient (Wildman–Crippen LogP) is 5.03. The lowest BCUT2D eigenvalue weighted by Gasteiger charge is -2.33. The number of amides is 2. The molecule has 0 radical (unpaired) electrons. The van der Waals surface area contributed by atoms with Crippen LogP contribution in [0.2, 0.25) is 0 Å². The summed E-state index contributed by atoms with van der Waals surface area (Å²) in [4.78, 5) is 39.1. The van der Waals surface area contributed by atoms with E-state index in [0.717, 1.165) is 10.5 Å². The molecule has 0 aromatic heterocycles. The van der Waals surface area contributed by atoms with Crippen LogP contribution in [0.4, 0.5) is 9.59 Å². The number of cyclic esters (lactones) is 1. The van der Waals surface area contributed by atoms with Crippen molar-refractivity contribution in [2.24, 2.45) is 0 Å². The van der Waals surface area contributed by atoms with Crippen LogP contribution in [-0.2, 0) is 25.4 Å². The molecule has 0 unspecified atom stereocenters. The van der Waals surface area contributed by atoms with Crippen LogP contribution in [0, 0.1) is 0 Å². The largest absolute Gasteiger partial charge is 0.457 e. The zero-order valence-electron chi connectivity index (χ0n) is 19.6. The number of nitrogens with zero attached hydrogens (tertiary/aromatic N) is 1. The van der Waals surface area contributed by atoms with E-state index in [1.165, 1.54) is 6.08 Å². The first kappa shape index (κ1) is 24.4. The summed E-state index contributed by atoms with van der Waals surface area (Å²) in [7, 11) is 0. The lowest BCUT2D eigenvalue weighted by molar-refractivity contribution is -0.148. The van der Waals surface area contributed by atoms with Crippen LogP contribution in [0.25, 0.3) is 0 Å². The second-order valence-corrected chi connectivity index (χ2v) is 9.89. The van der Waals surface area contributed by atoms with Gasteiger partial charge in [-0.2, -0.15) is 0 Å². The molecule has 2 atom stereocenters. The van der Waals surface area contributed by atoms with E-state index in [2.05, 4.69) is 0 Å². The molecule has 0 bridgehead atoms. The van der Waals surface area contributed by atoms with Crippen molar-refractivity contribution in [2.45, 2.75) is 84.7 Å². The van der Waals surface area contributed by atoms with Crippen molar-refractivity contribution in [3.63, 3.8) is 0 Å². The van der Waals surface area contributed by atoms with Gasteiger partial charge >= 0.3 is 18.2 Å². The summed E-state index contributed by atoms with van der Waals surface area (Å²) in [5.74, 6) is -0.545. The Morgan fingerprint density at radius 2 is 1.61 bits per heavy atom.